The molecular weight excluding hydrogens is 422 g/mol. The molecule has 4 N–H and O–H groups in total. The third-order valence-corrected chi connectivity index (χ3v) is 6.34. The zero-order chi connectivity index (χ0) is 22.9. The number of nitrogens with one attached hydrogen (secondary N) is 1. The number of rotatable bonds is 9. The van der Waals surface area contributed by atoms with Gasteiger partial charge in [-0.15, -0.1) is 0 Å². The normalized spacial score (nSPS) is 17.0. The molecule has 0 aliphatic carbocycles. The predicted octanol–water partition coefficient (Wildman–Crippen LogP) is 3.49. The van der Waals surface area contributed by atoms with Gasteiger partial charge < -0.3 is 20.6 Å². The molecule has 9 heteroatoms. The monoisotopic (exact) mass is 457 g/mol. The van der Waals surface area contributed by atoms with Crippen LogP contribution in [0.4, 0.5) is 11.5 Å². The molecule has 0 saturated carbocycles. The van der Waals surface area contributed by atoms with Crippen molar-refractivity contribution in [3.63, 3.8) is 0 Å². The quantitative estimate of drug-likeness (QED) is 0.390. The van der Waals surface area contributed by atoms with E-state index in [0.29, 0.717) is 29.2 Å². The highest BCUT2D eigenvalue weighted by Gasteiger charge is 2.22. The van der Waals surface area contributed by atoms with E-state index < -0.39 is 0 Å². The van der Waals surface area contributed by atoms with Crippen LogP contribution in [0.15, 0.2) is 29.5 Å². The van der Waals surface area contributed by atoms with Gasteiger partial charge in [-0.05, 0) is 62.1 Å². The maximum Gasteiger partial charge on any atom is 0.159 e. The van der Waals surface area contributed by atoms with E-state index in [9.17, 15) is 5.11 Å². The van der Waals surface area contributed by atoms with Gasteiger partial charge in [-0.2, -0.15) is 0 Å². The van der Waals surface area contributed by atoms with Crippen LogP contribution in [-0.2, 0) is 0 Å². The summed E-state index contributed by atoms with van der Waals surface area (Å²) in [6.07, 6.45) is 6.05. The van der Waals surface area contributed by atoms with Gasteiger partial charge in [0.2, 0.25) is 0 Å². The summed E-state index contributed by atoms with van der Waals surface area (Å²) in [6, 6.07) is 6.33. The number of piperidine rings is 1. The molecule has 1 unspecified atom stereocenters. The number of aliphatic hydroxyl groups is 1. The summed E-state index contributed by atoms with van der Waals surface area (Å²) in [5, 5.41) is 19.0. The van der Waals surface area contributed by atoms with Gasteiger partial charge in [0.05, 0.1) is 17.2 Å². The van der Waals surface area contributed by atoms with E-state index in [4.69, 9.17) is 11.1 Å². The highest BCUT2D eigenvalue weighted by molar-refractivity contribution is 8.26. The number of anilines is 2. The highest BCUT2D eigenvalue weighted by Crippen LogP contribution is 2.30. The molecule has 1 atom stereocenters. The number of amidine groups is 1. The Kier molecular flexibility index (Phi) is 9.11. The van der Waals surface area contributed by atoms with Crippen LogP contribution in [0.3, 0.4) is 0 Å². The van der Waals surface area contributed by atoms with E-state index >= 15 is 0 Å². The number of aromatic nitrogens is 2. The average Bonchev–Trinajstić information content (AvgIpc) is 2.79. The fourth-order valence-electron chi connectivity index (χ4n) is 4.13. The summed E-state index contributed by atoms with van der Waals surface area (Å²) < 4.78 is 0. The molecule has 1 saturated heterocycles. The number of unbranched alkanes of at least 4 members (excludes halogenated alkanes) is 1. The van der Waals surface area contributed by atoms with E-state index in [1.54, 1.807) is 13.3 Å². The molecule has 8 nitrogen and oxygen atoms in total. The Morgan fingerprint density at radius 2 is 2.22 bits per heavy atom. The number of aliphatic imine (C=N–C) groups is 1. The molecule has 1 aliphatic rings. The maximum absolute atomic E-state index is 9.47. The van der Waals surface area contributed by atoms with Gasteiger partial charge in [-0.25, -0.2) is 9.97 Å². The molecule has 1 aromatic heterocycles. The lowest BCUT2D eigenvalue weighted by atomic mass is 9.98. The van der Waals surface area contributed by atoms with E-state index in [1.807, 2.05) is 0 Å². The molecule has 1 fully saturated rings. The Labute approximate surface area is 194 Å². The number of fused-ring (bicyclic) bond motifs is 1. The Morgan fingerprint density at radius 1 is 1.38 bits per heavy atom. The number of thioether (sulfide) groups is 1. The topological polar surface area (TPSA) is 115 Å². The van der Waals surface area contributed by atoms with Crippen LogP contribution < -0.4 is 15.5 Å². The second-order valence-electron chi connectivity index (χ2n) is 8.25. The molecular formula is C23H35N7OS. The minimum absolute atomic E-state index is 0.136. The van der Waals surface area contributed by atoms with Crippen LogP contribution in [-0.4, -0.2) is 64.6 Å². The van der Waals surface area contributed by atoms with Crippen LogP contribution in [0, 0.1) is 11.3 Å². The van der Waals surface area contributed by atoms with Crippen molar-refractivity contribution in [1.29, 1.82) is 5.41 Å². The SMILES string of the molecule is CCCCN(CCO)c1ccc2c(N3CCCC(CN=C(N)SC(C)=N)C3)ncnc2c1. The van der Waals surface area contributed by atoms with Crippen molar-refractivity contribution >= 4 is 44.4 Å². The smallest absolute Gasteiger partial charge is 0.159 e. The first kappa shape index (κ1) is 24.3. The first-order chi connectivity index (χ1) is 15.5. The first-order valence-electron chi connectivity index (χ1n) is 11.4. The number of aliphatic hydroxyl groups excluding tert-OH is 1. The van der Waals surface area contributed by atoms with E-state index in [2.05, 4.69) is 49.9 Å². The Balaban J connectivity index is 1.77. The van der Waals surface area contributed by atoms with Crippen LogP contribution in [0.5, 0.6) is 0 Å². The highest BCUT2D eigenvalue weighted by atomic mass is 32.2. The minimum atomic E-state index is 0.136. The molecule has 2 aromatic rings. The van der Waals surface area contributed by atoms with Crippen molar-refractivity contribution in [3.8, 4) is 0 Å². The fourth-order valence-corrected chi connectivity index (χ4v) is 4.59. The Hall–Kier alpha value is -2.39. The van der Waals surface area contributed by atoms with Crippen molar-refractivity contribution in [2.24, 2.45) is 16.6 Å². The van der Waals surface area contributed by atoms with E-state index in [0.717, 1.165) is 67.7 Å². The molecule has 174 valence electrons. The van der Waals surface area contributed by atoms with Crippen molar-refractivity contribution in [1.82, 2.24) is 9.97 Å². The minimum Gasteiger partial charge on any atom is -0.395 e. The van der Waals surface area contributed by atoms with Crippen molar-refractivity contribution in [3.05, 3.63) is 24.5 Å². The van der Waals surface area contributed by atoms with Gasteiger partial charge in [0.1, 0.15) is 12.1 Å². The van der Waals surface area contributed by atoms with Crippen LogP contribution in [0.2, 0.25) is 0 Å². The Morgan fingerprint density at radius 3 is 2.97 bits per heavy atom. The standard InChI is InChI=1S/C23H35N7OS/c1-3-4-9-29(11-12-31)19-7-8-20-21(13-19)27-16-28-22(20)30-10-5-6-18(15-30)14-26-23(25)32-17(2)24/h7-8,13,16,18,24,31H,3-6,9-12,14-15H2,1-2H3,(H2,25,26). The second kappa shape index (κ2) is 12.0. The predicted molar refractivity (Wildman–Crippen MR) is 136 cm³/mol. The largest absolute Gasteiger partial charge is 0.395 e. The van der Waals surface area contributed by atoms with Gasteiger partial charge in [0.25, 0.3) is 0 Å². The Bertz CT molecular complexity index is 936. The van der Waals surface area contributed by atoms with Crippen LogP contribution >= 0.6 is 11.8 Å². The molecule has 3 rings (SSSR count). The molecule has 0 radical (unpaired) electrons. The maximum atomic E-state index is 9.47. The first-order valence-corrected chi connectivity index (χ1v) is 12.2. The number of nitrogens with zero attached hydrogens (tertiary/aromatic N) is 5. The van der Waals surface area contributed by atoms with Crippen LogP contribution in [0.1, 0.15) is 39.5 Å². The molecule has 1 aromatic carbocycles. The third kappa shape index (κ3) is 6.56. The molecule has 0 bridgehead atoms. The molecule has 1 aliphatic heterocycles. The summed E-state index contributed by atoms with van der Waals surface area (Å²) >= 11 is 1.21. The lowest BCUT2D eigenvalue weighted by Crippen LogP contribution is -2.37. The third-order valence-electron chi connectivity index (χ3n) is 5.70. The summed E-state index contributed by atoms with van der Waals surface area (Å²) in [6.45, 7) is 8.09. The van der Waals surface area contributed by atoms with Gasteiger partial charge in [0.15, 0.2) is 5.17 Å². The summed E-state index contributed by atoms with van der Waals surface area (Å²) in [4.78, 5) is 18.2. The van der Waals surface area contributed by atoms with Crippen molar-refractivity contribution < 1.29 is 5.11 Å². The fraction of sp³-hybridized carbons (Fsp3) is 0.565. The van der Waals surface area contributed by atoms with E-state index in [-0.39, 0.29) is 6.61 Å². The number of nitrogens with two attached hydrogens (primary N) is 1. The number of hydrogen-bond donors (Lipinski definition) is 3. The van der Waals surface area contributed by atoms with Crippen LogP contribution in [0.25, 0.3) is 10.9 Å². The van der Waals surface area contributed by atoms with Gasteiger partial charge in [-0.3, -0.25) is 10.4 Å². The molecule has 2 heterocycles. The molecule has 0 amide bonds. The van der Waals surface area contributed by atoms with Crippen molar-refractivity contribution in [2.45, 2.75) is 39.5 Å². The molecule has 0 spiro atoms. The zero-order valence-corrected chi connectivity index (χ0v) is 19.9. The van der Waals surface area contributed by atoms with Crippen molar-refractivity contribution in [2.75, 3.05) is 49.1 Å². The number of benzene rings is 1. The van der Waals surface area contributed by atoms with Gasteiger partial charge in [-0.1, -0.05) is 13.3 Å². The zero-order valence-electron chi connectivity index (χ0n) is 19.1. The summed E-state index contributed by atoms with van der Waals surface area (Å²) in [7, 11) is 0. The lowest BCUT2D eigenvalue weighted by molar-refractivity contribution is 0.301. The summed E-state index contributed by atoms with van der Waals surface area (Å²) in [5.74, 6) is 1.38. The number of hydrogen-bond acceptors (Lipinski definition) is 8. The average molecular weight is 458 g/mol. The van der Waals surface area contributed by atoms with Gasteiger partial charge >= 0.3 is 0 Å². The summed E-state index contributed by atoms with van der Waals surface area (Å²) in [5.41, 5.74) is 7.93. The second-order valence-corrected chi connectivity index (χ2v) is 9.49. The van der Waals surface area contributed by atoms with E-state index in [1.165, 1.54) is 11.8 Å². The lowest BCUT2D eigenvalue weighted by Gasteiger charge is -2.33. The molecule has 32 heavy (non-hydrogen) atoms. The van der Waals surface area contributed by atoms with Gasteiger partial charge in [0, 0.05) is 43.8 Å².